The van der Waals surface area contributed by atoms with Gasteiger partial charge in [0.05, 0.1) is 4.90 Å². The first-order valence-electron chi connectivity index (χ1n) is 10.8. The fourth-order valence-electron chi connectivity index (χ4n) is 3.87. The minimum atomic E-state index is -3.55. The first-order valence-corrected chi connectivity index (χ1v) is 12.2. The largest absolute Gasteiger partial charge is 0.352 e. The Hall–Kier alpha value is -3.56. The molecule has 168 valence electrons. The Morgan fingerprint density at radius 3 is 2.27 bits per heavy atom. The third-order valence-corrected chi connectivity index (χ3v) is 7.63. The predicted octanol–water partition coefficient (Wildman–Crippen LogP) is 3.59. The second-order valence-electron chi connectivity index (χ2n) is 8.02. The summed E-state index contributed by atoms with van der Waals surface area (Å²) in [6.45, 7) is 3.87. The van der Waals surface area contributed by atoms with Crippen molar-refractivity contribution >= 4 is 38.2 Å². The molecule has 2 aromatic heterocycles. The summed E-state index contributed by atoms with van der Waals surface area (Å²) in [6.07, 6.45) is 1.79. The molecular formula is C24H24N6O2S. The predicted molar refractivity (Wildman–Crippen MR) is 129 cm³/mol. The van der Waals surface area contributed by atoms with Gasteiger partial charge < -0.3 is 10.2 Å². The van der Waals surface area contributed by atoms with E-state index >= 15 is 0 Å². The van der Waals surface area contributed by atoms with E-state index in [9.17, 15) is 8.42 Å². The molecule has 3 heterocycles. The lowest BCUT2D eigenvalue weighted by atomic mass is 10.1. The van der Waals surface area contributed by atoms with Gasteiger partial charge in [0.25, 0.3) is 0 Å². The molecule has 0 unspecified atom stereocenters. The van der Waals surface area contributed by atoms with E-state index in [0.29, 0.717) is 42.7 Å². The summed E-state index contributed by atoms with van der Waals surface area (Å²) in [5.74, 6) is 2.03. The van der Waals surface area contributed by atoms with Gasteiger partial charge in [0, 0.05) is 32.4 Å². The topological polar surface area (TPSA) is 91.3 Å². The highest BCUT2D eigenvalue weighted by molar-refractivity contribution is 7.89. The average Bonchev–Trinajstić information content (AvgIpc) is 2.86. The molecule has 1 aliphatic rings. The van der Waals surface area contributed by atoms with Gasteiger partial charge in [-0.2, -0.15) is 4.31 Å². The van der Waals surface area contributed by atoms with E-state index < -0.39 is 10.0 Å². The molecule has 1 fully saturated rings. The number of hydrogen-bond acceptors (Lipinski definition) is 7. The number of nitrogens with one attached hydrogen (secondary N) is 1. The van der Waals surface area contributed by atoms with Crippen LogP contribution >= 0.6 is 0 Å². The molecule has 5 rings (SSSR count). The number of benzene rings is 2. The molecule has 0 atom stereocenters. The monoisotopic (exact) mass is 460 g/mol. The normalized spacial score (nSPS) is 15.0. The lowest BCUT2D eigenvalue weighted by Gasteiger charge is -2.34. The van der Waals surface area contributed by atoms with Gasteiger partial charge in [0.2, 0.25) is 10.0 Å². The van der Waals surface area contributed by atoms with Crippen LogP contribution in [0.3, 0.4) is 0 Å². The number of aryl methyl sites for hydroxylation is 1. The van der Waals surface area contributed by atoms with Crippen LogP contribution in [0.4, 0.5) is 17.5 Å². The average molecular weight is 461 g/mol. The van der Waals surface area contributed by atoms with E-state index in [0.717, 1.165) is 22.2 Å². The molecule has 2 aromatic carbocycles. The maximum Gasteiger partial charge on any atom is 0.243 e. The molecule has 0 amide bonds. The zero-order valence-electron chi connectivity index (χ0n) is 18.2. The van der Waals surface area contributed by atoms with E-state index in [2.05, 4.69) is 20.5 Å². The molecule has 1 aliphatic heterocycles. The van der Waals surface area contributed by atoms with Crippen molar-refractivity contribution in [3.63, 3.8) is 0 Å². The van der Waals surface area contributed by atoms with Crippen LogP contribution in [0.1, 0.15) is 5.56 Å². The second-order valence-corrected chi connectivity index (χ2v) is 9.96. The van der Waals surface area contributed by atoms with Crippen LogP contribution in [0.5, 0.6) is 0 Å². The summed E-state index contributed by atoms with van der Waals surface area (Å²) in [5.41, 5.74) is 1.09. The molecule has 33 heavy (non-hydrogen) atoms. The van der Waals surface area contributed by atoms with Crippen LogP contribution in [0.15, 0.2) is 77.8 Å². The summed E-state index contributed by atoms with van der Waals surface area (Å²) in [7, 11) is -3.55. The van der Waals surface area contributed by atoms with Gasteiger partial charge in [-0.05, 0) is 53.6 Å². The molecule has 8 nitrogen and oxygen atoms in total. The van der Waals surface area contributed by atoms with Gasteiger partial charge in [0.15, 0.2) is 11.6 Å². The third-order valence-electron chi connectivity index (χ3n) is 5.74. The molecule has 0 saturated carbocycles. The molecule has 9 heteroatoms. The van der Waals surface area contributed by atoms with Crippen molar-refractivity contribution in [2.24, 2.45) is 0 Å². The minimum Gasteiger partial charge on any atom is -0.352 e. The number of aromatic nitrogens is 3. The number of rotatable bonds is 5. The first-order chi connectivity index (χ1) is 16.0. The number of sulfonamides is 1. The van der Waals surface area contributed by atoms with Crippen LogP contribution < -0.4 is 10.2 Å². The van der Waals surface area contributed by atoms with Crippen molar-refractivity contribution in [3.05, 3.63) is 78.5 Å². The third kappa shape index (κ3) is 4.50. The number of anilines is 3. The van der Waals surface area contributed by atoms with Gasteiger partial charge in [-0.3, -0.25) is 0 Å². The van der Waals surface area contributed by atoms with Crippen LogP contribution in [0, 0.1) is 6.92 Å². The molecule has 0 bridgehead atoms. The Morgan fingerprint density at radius 2 is 1.58 bits per heavy atom. The summed E-state index contributed by atoms with van der Waals surface area (Å²) >= 11 is 0. The van der Waals surface area contributed by atoms with E-state index in [1.54, 1.807) is 22.6 Å². The van der Waals surface area contributed by atoms with Crippen LogP contribution in [-0.4, -0.2) is 54.1 Å². The van der Waals surface area contributed by atoms with E-state index in [4.69, 9.17) is 0 Å². The Kier molecular flexibility index (Phi) is 5.65. The molecule has 0 aliphatic carbocycles. The van der Waals surface area contributed by atoms with Gasteiger partial charge >= 0.3 is 0 Å². The minimum absolute atomic E-state index is 0.328. The Labute approximate surface area is 193 Å². The number of pyridine rings is 1. The fraction of sp³-hybridized carbons (Fsp3) is 0.208. The molecular weight excluding hydrogens is 436 g/mol. The number of piperazine rings is 1. The van der Waals surface area contributed by atoms with Crippen molar-refractivity contribution in [2.75, 3.05) is 36.4 Å². The summed E-state index contributed by atoms with van der Waals surface area (Å²) in [5, 5.41) is 13.6. The van der Waals surface area contributed by atoms with Crippen LogP contribution in [0.2, 0.25) is 0 Å². The SMILES string of the molecule is Cc1ccc(Nc2ccc(N3CCN(S(=O)(=O)c4ccc5ccccc5c4)CC3)nn2)nc1. The van der Waals surface area contributed by atoms with Gasteiger partial charge in [0.1, 0.15) is 5.82 Å². The molecule has 1 saturated heterocycles. The van der Waals surface area contributed by atoms with Crippen molar-refractivity contribution in [1.82, 2.24) is 19.5 Å². The van der Waals surface area contributed by atoms with E-state index in [1.165, 1.54) is 0 Å². The van der Waals surface area contributed by atoms with Gasteiger partial charge in [-0.15, -0.1) is 10.2 Å². The Morgan fingerprint density at radius 1 is 0.818 bits per heavy atom. The standard InChI is InChI=1S/C24H24N6O2S/c1-18-6-9-22(25-17-18)26-23-10-11-24(28-27-23)29-12-14-30(15-13-29)33(31,32)21-8-7-19-4-2-3-5-20(19)16-21/h2-11,16-17H,12-15H2,1H3,(H,25,26,27). The smallest absolute Gasteiger partial charge is 0.243 e. The highest BCUT2D eigenvalue weighted by Gasteiger charge is 2.29. The van der Waals surface area contributed by atoms with Gasteiger partial charge in [-0.25, -0.2) is 13.4 Å². The summed E-state index contributed by atoms with van der Waals surface area (Å²) in [6, 6.07) is 20.7. The molecule has 1 N–H and O–H groups in total. The number of hydrogen-bond donors (Lipinski definition) is 1. The Balaban J connectivity index is 1.24. The lowest BCUT2D eigenvalue weighted by Crippen LogP contribution is -2.49. The second kappa shape index (κ2) is 8.76. The van der Waals surface area contributed by atoms with Crippen molar-refractivity contribution in [1.29, 1.82) is 0 Å². The molecule has 0 spiro atoms. The zero-order chi connectivity index (χ0) is 22.8. The molecule has 0 radical (unpaired) electrons. The van der Waals surface area contributed by atoms with Crippen LogP contribution in [0.25, 0.3) is 10.8 Å². The maximum absolute atomic E-state index is 13.2. The summed E-state index contributed by atoms with van der Waals surface area (Å²) < 4.78 is 27.9. The first kappa shape index (κ1) is 21.3. The lowest BCUT2D eigenvalue weighted by molar-refractivity contribution is 0.383. The maximum atomic E-state index is 13.2. The van der Waals surface area contributed by atoms with Crippen LogP contribution in [-0.2, 0) is 10.0 Å². The molecule has 4 aromatic rings. The zero-order valence-corrected chi connectivity index (χ0v) is 19.0. The van der Waals surface area contributed by atoms with Crippen molar-refractivity contribution < 1.29 is 8.42 Å². The fourth-order valence-corrected chi connectivity index (χ4v) is 5.33. The van der Waals surface area contributed by atoms with E-state index in [-0.39, 0.29) is 0 Å². The Bertz CT molecular complexity index is 1370. The summed E-state index contributed by atoms with van der Waals surface area (Å²) in [4.78, 5) is 6.68. The number of nitrogens with zero attached hydrogens (tertiary/aromatic N) is 5. The van der Waals surface area contributed by atoms with Crippen molar-refractivity contribution in [2.45, 2.75) is 11.8 Å². The van der Waals surface area contributed by atoms with Gasteiger partial charge in [-0.1, -0.05) is 36.4 Å². The highest BCUT2D eigenvalue weighted by Crippen LogP contribution is 2.24. The van der Waals surface area contributed by atoms with Crippen molar-refractivity contribution in [3.8, 4) is 0 Å². The highest BCUT2D eigenvalue weighted by atomic mass is 32.2. The quantitative estimate of drug-likeness (QED) is 0.487. The number of fused-ring (bicyclic) bond motifs is 1. The van der Waals surface area contributed by atoms with E-state index in [1.807, 2.05) is 66.4 Å².